The third kappa shape index (κ3) is 4.85. The van der Waals surface area contributed by atoms with Crippen molar-refractivity contribution in [3.05, 3.63) is 156 Å². The molecule has 1 aromatic heterocycles. The van der Waals surface area contributed by atoms with Crippen molar-refractivity contribution < 1.29 is 20.1 Å². The second kappa shape index (κ2) is 10.7. The van der Waals surface area contributed by atoms with Gasteiger partial charge < -0.3 is 4.98 Å². The van der Waals surface area contributed by atoms with Crippen LogP contribution in [-0.2, 0) is 20.1 Å². The van der Waals surface area contributed by atoms with Gasteiger partial charge in [-0.2, -0.15) is 0 Å². The van der Waals surface area contributed by atoms with Gasteiger partial charge in [-0.1, -0.05) is 127 Å². The van der Waals surface area contributed by atoms with Gasteiger partial charge in [-0.3, -0.25) is 0 Å². The molecule has 4 aromatic carbocycles. The van der Waals surface area contributed by atoms with Crippen LogP contribution in [0.1, 0.15) is 16.8 Å². The molecule has 0 N–H and O–H groups in total. The summed E-state index contributed by atoms with van der Waals surface area (Å²) in [5.41, 5.74) is 10.5. The number of hydrogen-bond donors (Lipinski definition) is 0. The van der Waals surface area contributed by atoms with E-state index in [1.54, 1.807) is 0 Å². The van der Waals surface area contributed by atoms with Gasteiger partial charge in [0.15, 0.2) is 0 Å². The first-order chi connectivity index (χ1) is 17.3. The van der Waals surface area contributed by atoms with Gasteiger partial charge in [0.05, 0.1) is 11.4 Å². The first kappa shape index (κ1) is 23.7. The molecule has 5 aromatic rings. The monoisotopic (exact) mass is 640 g/mol. The molecule has 2 heterocycles. The molecule has 0 spiro atoms. The smallest absolute Gasteiger partial charge is 0.0716 e. The molecule has 1 aliphatic heterocycles. The molecule has 0 unspecified atom stereocenters. The summed E-state index contributed by atoms with van der Waals surface area (Å²) in [7, 11) is 0. The van der Waals surface area contributed by atoms with Crippen molar-refractivity contribution in [1.29, 1.82) is 0 Å². The van der Waals surface area contributed by atoms with Crippen LogP contribution in [0.5, 0.6) is 0 Å². The van der Waals surface area contributed by atoms with Gasteiger partial charge in [0, 0.05) is 31.2 Å². The third-order valence-corrected chi connectivity index (χ3v) is 6.18. The molecule has 6 rings (SSSR count). The Hall–Kier alpha value is -4.04. The zero-order chi connectivity index (χ0) is 23.5. The normalized spacial score (nSPS) is 13.7. The molecule has 36 heavy (non-hydrogen) atoms. The minimum Gasteiger partial charge on any atom is -0.657 e. The summed E-state index contributed by atoms with van der Waals surface area (Å²) in [5, 5.41) is 0. The minimum absolute atomic E-state index is 0. The molecular weight excluding hydrogens is 617 g/mol. The third-order valence-electron chi connectivity index (χ3n) is 6.18. The molecule has 3 heteroatoms. The second-order valence-corrected chi connectivity index (χ2v) is 8.49. The van der Waals surface area contributed by atoms with Crippen molar-refractivity contribution in [3.8, 4) is 22.4 Å². The number of allylic oxidation sites excluding steroid dienone is 2. The van der Waals surface area contributed by atoms with Crippen molar-refractivity contribution >= 4 is 17.4 Å². The summed E-state index contributed by atoms with van der Waals surface area (Å²) in [5.74, 6) is 0. The molecule has 175 valence electrons. The molecule has 0 saturated heterocycles. The summed E-state index contributed by atoms with van der Waals surface area (Å²) in [6.07, 6.45) is 4.31. The van der Waals surface area contributed by atoms with Crippen LogP contribution in [-0.4, -0.2) is 5.71 Å². The number of aliphatic imine (C=N–C) groups is 1. The van der Waals surface area contributed by atoms with Crippen LogP contribution in [0, 0.1) is 0 Å². The van der Waals surface area contributed by atoms with Crippen LogP contribution in [0.4, 0.5) is 0 Å². The number of nitrogens with zero attached hydrogens (tertiary/aromatic N) is 2. The van der Waals surface area contributed by atoms with Crippen LogP contribution < -0.4 is 4.98 Å². The maximum atomic E-state index is 5.07. The number of benzene rings is 4. The zero-order valence-electron chi connectivity index (χ0n) is 19.5. The molecule has 1 aliphatic rings. The fraction of sp³-hybridized carbons (Fsp3) is 0. The fourth-order valence-corrected chi connectivity index (χ4v) is 4.43. The van der Waals surface area contributed by atoms with Crippen LogP contribution in [0.15, 0.2) is 144 Å². The Morgan fingerprint density at radius 3 is 1.64 bits per heavy atom. The summed E-state index contributed by atoms with van der Waals surface area (Å²) < 4.78 is 0. The first-order valence-corrected chi connectivity index (χ1v) is 11.8. The van der Waals surface area contributed by atoms with Crippen molar-refractivity contribution in [1.82, 2.24) is 4.98 Å². The molecule has 0 aliphatic carbocycles. The summed E-state index contributed by atoms with van der Waals surface area (Å²) in [4.78, 5) is 10.1. The number of rotatable bonds is 5. The molecule has 0 bridgehead atoms. The molecule has 0 saturated carbocycles. The van der Waals surface area contributed by atoms with E-state index in [0.29, 0.717) is 0 Å². The minimum atomic E-state index is 0. The standard InChI is InChI=1S/C33H23N2.Ir/c1-5-13-24(14-6-1)28-21-30(26-17-9-3-10-18-26)34-32(28)23-33-29(25-15-7-2-8-16-25)22-31(35-33)27-19-11-4-12-20-27;/h1-23H;/q-1;/b32-23-;. The maximum Gasteiger partial charge on any atom is 0.0716 e. The van der Waals surface area contributed by atoms with E-state index in [2.05, 4.69) is 91.0 Å². The molecule has 2 nitrogen and oxygen atoms in total. The van der Waals surface area contributed by atoms with Crippen molar-refractivity contribution in [2.24, 2.45) is 4.99 Å². The van der Waals surface area contributed by atoms with Gasteiger partial charge in [-0.15, -0.1) is 11.4 Å². The Kier molecular flexibility index (Phi) is 7.04. The average Bonchev–Trinajstić information content (AvgIpc) is 3.56. The Bertz CT molecular complexity index is 1550. The number of aromatic nitrogens is 1. The van der Waals surface area contributed by atoms with Crippen LogP contribution >= 0.6 is 0 Å². The van der Waals surface area contributed by atoms with E-state index in [0.717, 1.165) is 56.2 Å². The van der Waals surface area contributed by atoms with E-state index in [1.807, 2.05) is 48.5 Å². The largest absolute Gasteiger partial charge is 0.657 e. The van der Waals surface area contributed by atoms with Gasteiger partial charge in [-0.05, 0) is 34.4 Å². The van der Waals surface area contributed by atoms with E-state index in [4.69, 9.17) is 9.98 Å². The Morgan fingerprint density at radius 1 is 0.556 bits per heavy atom. The first-order valence-electron chi connectivity index (χ1n) is 11.8. The van der Waals surface area contributed by atoms with E-state index in [-0.39, 0.29) is 20.1 Å². The average molecular weight is 640 g/mol. The summed E-state index contributed by atoms with van der Waals surface area (Å²) in [6, 6.07) is 43.7. The molecule has 1 radical (unpaired) electrons. The van der Waals surface area contributed by atoms with Crippen LogP contribution in [0.3, 0.4) is 0 Å². The molecule has 0 atom stereocenters. The molecular formula is C33H23IrN2-. The fourth-order valence-electron chi connectivity index (χ4n) is 4.43. The van der Waals surface area contributed by atoms with E-state index in [1.165, 1.54) is 0 Å². The predicted octanol–water partition coefficient (Wildman–Crippen LogP) is 7.90. The van der Waals surface area contributed by atoms with Gasteiger partial charge in [-0.25, -0.2) is 4.99 Å². The van der Waals surface area contributed by atoms with Gasteiger partial charge in [0.25, 0.3) is 0 Å². The maximum absolute atomic E-state index is 5.07. The van der Waals surface area contributed by atoms with Gasteiger partial charge in [0.1, 0.15) is 0 Å². The van der Waals surface area contributed by atoms with E-state index < -0.39 is 0 Å². The van der Waals surface area contributed by atoms with Gasteiger partial charge in [0.2, 0.25) is 0 Å². The van der Waals surface area contributed by atoms with E-state index in [9.17, 15) is 0 Å². The second-order valence-electron chi connectivity index (χ2n) is 8.49. The summed E-state index contributed by atoms with van der Waals surface area (Å²) >= 11 is 0. The van der Waals surface area contributed by atoms with Gasteiger partial charge >= 0.3 is 0 Å². The van der Waals surface area contributed by atoms with Crippen LogP contribution in [0.2, 0.25) is 0 Å². The SMILES string of the molecule is C1=C(c2ccccc2)/C(=C/c2[n-]c(-c3ccccc3)cc2-c2ccccc2)N=C1c1ccccc1.[Ir]. The Labute approximate surface area is 225 Å². The number of hydrogen-bond acceptors (Lipinski definition) is 1. The van der Waals surface area contributed by atoms with Crippen LogP contribution in [0.25, 0.3) is 34.0 Å². The molecule has 0 amide bonds. The van der Waals surface area contributed by atoms with Crippen molar-refractivity contribution in [2.45, 2.75) is 0 Å². The van der Waals surface area contributed by atoms with E-state index >= 15 is 0 Å². The zero-order valence-corrected chi connectivity index (χ0v) is 21.9. The summed E-state index contributed by atoms with van der Waals surface area (Å²) in [6.45, 7) is 0. The van der Waals surface area contributed by atoms with Crippen molar-refractivity contribution in [3.63, 3.8) is 0 Å². The topological polar surface area (TPSA) is 26.5 Å². The van der Waals surface area contributed by atoms with Crippen molar-refractivity contribution in [2.75, 3.05) is 0 Å². The Morgan fingerprint density at radius 2 is 1.06 bits per heavy atom. The predicted molar refractivity (Wildman–Crippen MR) is 146 cm³/mol. The Balaban J connectivity index is 0.00000267. The molecule has 0 fully saturated rings. The quantitative estimate of drug-likeness (QED) is 0.192.